The fourth-order valence-corrected chi connectivity index (χ4v) is 3.63. The number of nitrogens with zero attached hydrogens (tertiary/aromatic N) is 2. The standard InChI is InChI=1S/C25H26FN3O2/c26-20-10-12-21(13-11-20)29-18-16-28(17-19-29)15-14-25(30)27-23-8-4-5-9-24(23)31-22-6-2-1-3-7-22/h1-13H,14-19H2,(H,27,30). The molecule has 0 spiro atoms. The third kappa shape index (κ3) is 5.83. The van der Waals surface area contributed by atoms with Crippen LogP contribution in [0.3, 0.4) is 0 Å². The van der Waals surface area contributed by atoms with Gasteiger partial charge in [-0.15, -0.1) is 0 Å². The number of ether oxygens (including phenoxy) is 1. The predicted octanol–water partition coefficient (Wildman–Crippen LogP) is 4.77. The molecule has 4 rings (SSSR count). The number of anilines is 2. The highest BCUT2D eigenvalue weighted by Gasteiger charge is 2.18. The molecule has 0 radical (unpaired) electrons. The molecule has 0 aromatic heterocycles. The van der Waals surface area contributed by atoms with E-state index in [9.17, 15) is 9.18 Å². The zero-order valence-electron chi connectivity index (χ0n) is 17.3. The van der Waals surface area contributed by atoms with Gasteiger partial charge in [-0.25, -0.2) is 4.39 Å². The monoisotopic (exact) mass is 419 g/mol. The summed E-state index contributed by atoms with van der Waals surface area (Å²) in [5.74, 6) is 1.09. The first kappa shape index (κ1) is 20.9. The molecule has 0 atom stereocenters. The van der Waals surface area contributed by atoms with Gasteiger partial charge in [0, 0.05) is 44.8 Å². The summed E-state index contributed by atoms with van der Waals surface area (Å²) in [7, 11) is 0. The normalized spacial score (nSPS) is 14.3. The van der Waals surface area contributed by atoms with E-state index >= 15 is 0 Å². The first-order valence-electron chi connectivity index (χ1n) is 10.5. The Hall–Kier alpha value is -3.38. The van der Waals surface area contributed by atoms with Gasteiger partial charge in [-0.3, -0.25) is 9.69 Å². The van der Waals surface area contributed by atoms with E-state index in [1.54, 1.807) is 0 Å². The van der Waals surface area contributed by atoms with Crippen molar-refractivity contribution in [2.75, 3.05) is 42.9 Å². The van der Waals surface area contributed by atoms with Crippen LogP contribution in [0, 0.1) is 5.82 Å². The largest absolute Gasteiger partial charge is 0.455 e. The van der Waals surface area contributed by atoms with Crippen LogP contribution in [0.5, 0.6) is 11.5 Å². The quantitative estimate of drug-likeness (QED) is 0.599. The number of rotatable bonds is 7. The number of para-hydroxylation sites is 3. The van der Waals surface area contributed by atoms with E-state index in [-0.39, 0.29) is 11.7 Å². The molecular weight excluding hydrogens is 393 g/mol. The van der Waals surface area contributed by atoms with Crippen LogP contribution in [0.25, 0.3) is 0 Å². The van der Waals surface area contributed by atoms with Gasteiger partial charge < -0.3 is 15.0 Å². The molecule has 6 heteroatoms. The third-order valence-corrected chi connectivity index (χ3v) is 5.35. The molecule has 1 saturated heterocycles. The molecule has 0 aliphatic carbocycles. The molecule has 160 valence electrons. The van der Waals surface area contributed by atoms with Gasteiger partial charge in [0.1, 0.15) is 11.6 Å². The summed E-state index contributed by atoms with van der Waals surface area (Å²) in [6.45, 7) is 4.17. The number of benzene rings is 3. The summed E-state index contributed by atoms with van der Waals surface area (Å²) in [5, 5.41) is 2.97. The Morgan fingerprint density at radius 2 is 1.55 bits per heavy atom. The van der Waals surface area contributed by atoms with Crippen LogP contribution in [0.2, 0.25) is 0 Å². The van der Waals surface area contributed by atoms with Crippen molar-refractivity contribution in [1.29, 1.82) is 0 Å². The average molecular weight is 420 g/mol. The van der Waals surface area contributed by atoms with E-state index in [0.717, 1.165) is 37.6 Å². The molecule has 0 bridgehead atoms. The van der Waals surface area contributed by atoms with Crippen LogP contribution in [0.1, 0.15) is 6.42 Å². The van der Waals surface area contributed by atoms with Crippen LogP contribution in [-0.2, 0) is 4.79 Å². The summed E-state index contributed by atoms with van der Waals surface area (Å²) in [6, 6.07) is 23.6. The lowest BCUT2D eigenvalue weighted by Gasteiger charge is -2.36. The SMILES string of the molecule is O=C(CCN1CCN(c2ccc(F)cc2)CC1)Nc1ccccc1Oc1ccccc1. The van der Waals surface area contributed by atoms with Crippen molar-refractivity contribution in [2.45, 2.75) is 6.42 Å². The van der Waals surface area contributed by atoms with Gasteiger partial charge in [-0.1, -0.05) is 30.3 Å². The second-order valence-electron chi connectivity index (χ2n) is 7.51. The maximum absolute atomic E-state index is 13.1. The molecule has 1 N–H and O–H groups in total. The van der Waals surface area contributed by atoms with Crippen molar-refractivity contribution in [1.82, 2.24) is 4.90 Å². The number of piperazine rings is 1. The fourth-order valence-electron chi connectivity index (χ4n) is 3.63. The van der Waals surface area contributed by atoms with E-state index in [1.165, 1.54) is 12.1 Å². The average Bonchev–Trinajstić information content (AvgIpc) is 2.81. The summed E-state index contributed by atoms with van der Waals surface area (Å²) in [5.41, 5.74) is 1.70. The third-order valence-electron chi connectivity index (χ3n) is 5.35. The molecule has 3 aromatic carbocycles. The number of hydrogen-bond donors (Lipinski definition) is 1. The van der Waals surface area contributed by atoms with Crippen molar-refractivity contribution >= 4 is 17.3 Å². The lowest BCUT2D eigenvalue weighted by Crippen LogP contribution is -2.47. The molecule has 31 heavy (non-hydrogen) atoms. The zero-order chi connectivity index (χ0) is 21.5. The highest BCUT2D eigenvalue weighted by molar-refractivity contribution is 5.92. The minimum Gasteiger partial charge on any atom is -0.455 e. The second kappa shape index (κ2) is 10.1. The molecular formula is C25H26FN3O2. The minimum atomic E-state index is -0.218. The number of carbonyl (C=O) groups is 1. The van der Waals surface area contributed by atoms with E-state index in [2.05, 4.69) is 15.1 Å². The van der Waals surface area contributed by atoms with Gasteiger partial charge >= 0.3 is 0 Å². The molecule has 1 amide bonds. The van der Waals surface area contributed by atoms with Crippen LogP contribution in [-0.4, -0.2) is 43.5 Å². The van der Waals surface area contributed by atoms with Crippen LogP contribution in [0.4, 0.5) is 15.8 Å². The van der Waals surface area contributed by atoms with Gasteiger partial charge in [-0.2, -0.15) is 0 Å². The number of halogens is 1. The van der Waals surface area contributed by atoms with E-state index in [4.69, 9.17) is 4.74 Å². The van der Waals surface area contributed by atoms with Crippen molar-refractivity contribution in [2.24, 2.45) is 0 Å². The van der Waals surface area contributed by atoms with Crippen LogP contribution < -0.4 is 15.0 Å². The molecule has 0 saturated carbocycles. The summed E-state index contributed by atoms with van der Waals surface area (Å²) >= 11 is 0. The number of carbonyl (C=O) groups excluding carboxylic acids is 1. The van der Waals surface area contributed by atoms with Crippen molar-refractivity contribution in [3.63, 3.8) is 0 Å². The lowest BCUT2D eigenvalue weighted by molar-refractivity contribution is -0.116. The Morgan fingerprint density at radius 1 is 0.871 bits per heavy atom. The van der Waals surface area contributed by atoms with Gasteiger partial charge in [-0.05, 0) is 48.5 Å². The van der Waals surface area contributed by atoms with E-state index in [0.29, 0.717) is 24.4 Å². The van der Waals surface area contributed by atoms with Gasteiger partial charge in [0.05, 0.1) is 5.69 Å². The minimum absolute atomic E-state index is 0.0370. The predicted molar refractivity (Wildman–Crippen MR) is 121 cm³/mol. The topological polar surface area (TPSA) is 44.8 Å². The Balaban J connectivity index is 1.25. The molecule has 1 aliphatic rings. The Bertz CT molecular complexity index is 987. The lowest BCUT2D eigenvalue weighted by atomic mass is 10.2. The Morgan fingerprint density at radius 3 is 2.29 bits per heavy atom. The summed E-state index contributed by atoms with van der Waals surface area (Å²) in [4.78, 5) is 17.1. The van der Waals surface area contributed by atoms with Crippen molar-refractivity contribution in [3.05, 3.63) is 84.7 Å². The maximum atomic E-state index is 13.1. The summed E-state index contributed by atoms with van der Waals surface area (Å²) in [6.07, 6.45) is 0.413. The molecule has 5 nitrogen and oxygen atoms in total. The first-order valence-corrected chi connectivity index (χ1v) is 10.5. The summed E-state index contributed by atoms with van der Waals surface area (Å²) < 4.78 is 19.0. The molecule has 1 aliphatic heterocycles. The van der Waals surface area contributed by atoms with Crippen LogP contribution in [0.15, 0.2) is 78.9 Å². The molecule has 0 unspecified atom stereocenters. The smallest absolute Gasteiger partial charge is 0.225 e. The van der Waals surface area contributed by atoms with E-state index < -0.39 is 0 Å². The van der Waals surface area contributed by atoms with Gasteiger partial charge in [0.25, 0.3) is 0 Å². The van der Waals surface area contributed by atoms with Crippen molar-refractivity contribution < 1.29 is 13.9 Å². The fraction of sp³-hybridized carbons (Fsp3) is 0.240. The van der Waals surface area contributed by atoms with Gasteiger partial charge in [0.15, 0.2) is 5.75 Å². The highest BCUT2D eigenvalue weighted by Crippen LogP contribution is 2.29. The maximum Gasteiger partial charge on any atom is 0.225 e. The van der Waals surface area contributed by atoms with E-state index in [1.807, 2.05) is 66.7 Å². The molecule has 1 fully saturated rings. The van der Waals surface area contributed by atoms with Crippen molar-refractivity contribution in [3.8, 4) is 11.5 Å². The van der Waals surface area contributed by atoms with Crippen LogP contribution >= 0.6 is 0 Å². The zero-order valence-corrected chi connectivity index (χ0v) is 17.3. The Kier molecular flexibility index (Phi) is 6.79. The number of nitrogens with one attached hydrogen (secondary N) is 1. The molecule has 1 heterocycles. The number of amides is 1. The van der Waals surface area contributed by atoms with Gasteiger partial charge in [0.2, 0.25) is 5.91 Å². The second-order valence-corrected chi connectivity index (χ2v) is 7.51. The first-order chi connectivity index (χ1) is 15.2. The number of hydrogen-bond acceptors (Lipinski definition) is 4. The molecule has 3 aromatic rings. The highest BCUT2D eigenvalue weighted by atomic mass is 19.1. The Labute approximate surface area is 182 Å².